The first kappa shape index (κ1) is 28.0. The van der Waals surface area contributed by atoms with Gasteiger partial charge in [-0.05, 0) is 84.5 Å². The number of terminal acetylenes is 1. The number of carbonyl (C=O) groups is 2. The molecule has 5 aromatic rings. The summed E-state index contributed by atoms with van der Waals surface area (Å²) >= 11 is 6.51. The van der Waals surface area contributed by atoms with Gasteiger partial charge in [0.1, 0.15) is 11.3 Å². The summed E-state index contributed by atoms with van der Waals surface area (Å²) in [6.45, 7) is 0.251. The van der Waals surface area contributed by atoms with Crippen LogP contribution in [0, 0.1) is 12.3 Å². The van der Waals surface area contributed by atoms with Gasteiger partial charge < -0.3 is 15.2 Å². The van der Waals surface area contributed by atoms with E-state index in [4.69, 9.17) is 22.8 Å². The third-order valence-electron chi connectivity index (χ3n) is 7.62. The van der Waals surface area contributed by atoms with Crippen LogP contribution in [0.5, 0.6) is 5.75 Å². The number of amides is 1. The molecule has 0 fully saturated rings. The standard InChI is InChI=1S/C34H27ClN4O4/c1-2-21-7-5-10-23(17-21)32(34(41)42)43-26-14-15-28(35)25(18-26)20-39-31-16-13-24(19-30(31)37-38-39)33(40)36-29-12-6-9-22-8-3-4-11-27(22)29/h1,3-5,7-8,10-11,13-19,29,32H,6,9,12,20H2,(H,36,40)(H,41,42). The van der Waals surface area contributed by atoms with E-state index in [2.05, 4.69) is 33.7 Å². The van der Waals surface area contributed by atoms with Gasteiger partial charge in [-0.15, -0.1) is 11.5 Å². The highest BCUT2D eigenvalue weighted by atomic mass is 35.5. The SMILES string of the molecule is C#Cc1cccc(C(Oc2ccc(Cl)c(Cn3nnc4cc(C(=O)NC5CCCc6ccccc65)ccc43)c2)C(=O)O)c1. The average molecular weight is 591 g/mol. The number of nitrogens with zero attached hydrogens (tertiary/aromatic N) is 3. The summed E-state index contributed by atoms with van der Waals surface area (Å²) in [7, 11) is 0. The number of aryl methyl sites for hydroxylation is 1. The van der Waals surface area contributed by atoms with Crippen LogP contribution in [0.4, 0.5) is 0 Å². The van der Waals surface area contributed by atoms with Crippen LogP contribution in [0.1, 0.15) is 63.2 Å². The maximum atomic E-state index is 13.2. The van der Waals surface area contributed by atoms with Gasteiger partial charge >= 0.3 is 5.97 Å². The minimum atomic E-state index is -1.26. The molecule has 9 heteroatoms. The quantitative estimate of drug-likeness (QED) is 0.211. The van der Waals surface area contributed by atoms with Crippen molar-refractivity contribution < 1.29 is 19.4 Å². The highest BCUT2D eigenvalue weighted by Crippen LogP contribution is 2.31. The molecule has 1 heterocycles. The van der Waals surface area contributed by atoms with Crippen LogP contribution < -0.4 is 10.1 Å². The van der Waals surface area contributed by atoms with E-state index >= 15 is 0 Å². The van der Waals surface area contributed by atoms with Crippen molar-refractivity contribution in [2.45, 2.75) is 38.0 Å². The molecule has 0 radical (unpaired) electrons. The molecule has 1 aliphatic carbocycles. The fraction of sp³-hybridized carbons (Fsp3) is 0.176. The van der Waals surface area contributed by atoms with Crippen molar-refractivity contribution in [3.8, 4) is 18.1 Å². The molecule has 0 bridgehead atoms. The summed E-state index contributed by atoms with van der Waals surface area (Å²) in [6, 6.07) is 25.1. The van der Waals surface area contributed by atoms with E-state index in [-0.39, 0.29) is 18.5 Å². The number of nitrogens with one attached hydrogen (secondary N) is 1. The van der Waals surface area contributed by atoms with Gasteiger partial charge in [0, 0.05) is 21.7 Å². The molecular weight excluding hydrogens is 564 g/mol. The van der Waals surface area contributed by atoms with Gasteiger partial charge in [0.15, 0.2) is 0 Å². The van der Waals surface area contributed by atoms with E-state index in [9.17, 15) is 14.7 Å². The lowest BCUT2D eigenvalue weighted by atomic mass is 9.87. The van der Waals surface area contributed by atoms with Crippen molar-refractivity contribution >= 4 is 34.5 Å². The number of rotatable bonds is 8. The maximum absolute atomic E-state index is 13.2. The number of fused-ring (bicyclic) bond motifs is 2. The highest BCUT2D eigenvalue weighted by Gasteiger charge is 2.24. The van der Waals surface area contributed by atoms with E-state index in [1.807, 2.05) is 18.2 Å². The van der Waals surface area contributed by atoms with E-state index < -0.39 is 12.1 Å². The van der Waals surface area contributed by atoms with E-state index in [0.29, 0.717) is 38.5 Å². The lowest BCUT2D eigenvalue weighted by Crippen LogP contribution is -2.30. The molecule has 2 unspecified atom stereocenters. The Labute approximate surface area is 253 Å². The Balaban J connectivity index is 1.20. The first-order chi connectivity index (χ1) is 20.9. The Morgan fingerprint density at radius 2 is 1.95 bits per heavy atom. The summed E-state index contributed by atoms with van der Waals surface area (Å²) in [5.41, 5.74) is 5.89. The first-order valence-electron chi connectivity index (χ1n) is 13.9. The second-order valence-corrected chi connectivity index (χ2v) is 10.8. The van der Waals surface area contributed by atoms with Gasteiger partial charge in [0.2, 0.25) is 6.10 Å². The van der Waals surface area contributed by atoms with Crippen molar-refractivity contribution in [1.29, 1.82) is 0 Å². The summed E-state index contributed by atoms with van der Waals surface area (Å²) in [6.07, 6.45) is 7.17. The summed E-state index contributed by atoms with van der Waals surface area (Å²) in [5, 5.41) is 22.1. The molecule has 0 spiro atoms. The van der Waals surface area contributed by atoms with Gasteiger partial charge in [0.05, 0.1) is 18.1 Å². The predicted octanol–water partition coefficient (Wildman–Crippen LogP) is 6.13. The molecule has 2 atom stereocenters. The number of benzene rings is 4. The second kappa shape index (κ2) is 12.0. The fourth-order valence-electron chi connectivity index (χ4n) is 5.47. The van der Waals surface area contributed by atoms with Crippen LogP contribution in [0.2, 0.25) is 5.02 Å². The number of halogens is 1. The van der Waals surface area contributed by atoms with Crippen molar-refractivity contribution in [3.63, 3.8) is 0 Å². The fourth-order valence-corrected chi connectivity index (χ4v) is 5.65. The third kappa shape index (κ3) is 5.94. The Bertz CT molecular complexity index is 1890. The summed E-state index contributed by atoms with van der Waals surface area (Å²) in [5.74, 6) is 1.52. The van der Waals surface area contributed by atoms with Gasteiger partial charge in [-0.1, -0.05) is 59.1 Å². The second-order valence-electron chi connectivity index (χ2n) is 10.4. The highest BCUT2D eigenvalue weighted by molar-refractivity contribution is 6.31. The zero-order valence-electron chi connectivity index (χ0n) is 23.0. The van der Waals surface area contributed by atoms with Gasteiger partial charge in [-0.25, -0.2) is 9.48 Å². The number of hydrogen-bond donors (Lipinski definition) is 2. The first-order valence-corrected chi connectivity index (χ1v) is 14.2. The molecule has 43 heavy (non-hydrogen) atoms. The van der Waals surface area contributed by atoms with E-state index in [1.165, 1.54) is 11.1 Å². The van der Waals surface area contributed by atoms with Crippen molar-refractivity contribution in [1.82, 2.24) is 20.3 Å². The number of aliphatic carboxylic acids is 1. The number of carboxylic acid groups (broad SMARTS) is 1. The van der Waals surface area contributed by atoms with Crippen LogP contribution in [-0.4, -0.2) is 32.0 Å². The number of carboxylic acids is 1. The number of hydrogen-bond acceptors (Lipinski definition) is 5. The van der Waals surface area contributed by atoms with Crippen molar-refractivity contribution in [2.75, 3.05) is 0 Å². The topological polar surface area (TPSA) is 106 Å². The van der Waals surface area contributed by atoms with Crippen molar-refractivity contribution in [2.24, 2.45) is 0 Å². The molecule has 4 aromatic carbocycles. The zero-order chi connectivity index (χ0) is 29.9. The number of aromatic nitrogens is 3. The molecule has 1 amide bonds. The molecule has 0 aliphatic heterocycles. The predicted molar refractivity (Wildman–Crippen MR) is 163 cm³/mol. The summed E-state index contributed by atoms with van der Waals surface area (Å²) in [4.78, 5) is 25.2. The zero-order valence-corrected chi connectivity index (χ0v) is 23.8. The van der Waals surface area contributed by atoms with Crippen LogP contribution in [0.3, 0.4) is 0 Å². The Morgan fingerprint density at radius 3 is 2.79 bits per heavy atom. The minimum Gasteiger partial charge on any atom is -0.478 e. The van der Waals surface area contributed by atoms with Gasteiger partial charge in [0.25, 0.3) is 5.91 Å². The Morgan fingerprint density at radius 1 is 1.09 bits per heavy atom. The molecule has 2 N–H and O–H groups in total. The van der Waals surface area contributed by atoms with Crippen LogP contribution >= 0.6 is 11.6 Å². The molecule has 214 valence electrons. The minimum absolute atomic E-state index is 0.0255. The van der Waals surface area contributed by atoms with Crippen LogP contribution in [-0.2, 0) is 17.8 Å². The smallest absolute Gasteiger partial charge is 0.349 e. The molecular formula is C34H27ClN4O4. The Hall–Kier alpha value is -5.13. The average Bonchev–Trinajstić information content (AvgIpc) is 3.43. The van der Waals surface area contributed by atoms with Crippen LogP contribution in [0.25, 0.3) is 11.0 Å². The maximum Gasteiger partial charge on any atom is 0.349 e. The largest absolute Gasteiger partial charge is 0.478 e. The van der Waals surface area contributed by atoms with E-state index in [0.717, 1.165) is 24.8 Å². The van der Waals surface area contributed by atoms with E-state index in [1.54, 1.807) is 59.3 Å². The summed E-state index contributed by atoms with van der Waals surface area (Å²) < 4.78 is 7.54. The van der Waals surface area contributed by atoms with Crippen LogP contribution in [0.15, 0.2) is 84.9 Å². The number of ether oxygens (including phenoxy) is 1. The van der Waals surface area contributed by atoms with Gasteiger partial charge in [-0.2, -0.15) is 0 Å². The molecule has 0 saturated heterocycles. The monoisotopic (exact) mass is 590 g/mol. The number of carbonyl (C=O) groups excluding carboxylic acids is 1. The normalized spacial score (nSPS) is 14.8. The third-order valence-corrected chi connectivity index (χ3v) is 7.99. The van der Waals surface area contributed by atoms with Gasteiger partial charge in [-0.3, -0.25) is 4.79 Å². The lowest BCUT2D eigenvalue weighted by molar-refractivity contribution is -0.145. The molecule has 1 aliphatic rings. The van der Waals surface area contributed by atoms with Crippen molar-refractivity contribution in [3.05, 3.63) is 123 Å². The molecule has 0 saturated carbocycles. The lowest BCUT2D eigenvalue weighted by Gasteiger charge is -2.26. The molecule has 1 aromatic heterocycles. The molecule has 8 nitrogen and oxygen atoms in total. The molecule has 6 rings (SSSR count). The Kier molecular flexibility index (Phi) is 7.82.